The van der Waals surface area contributed by atoms with Crippen LogP contribution in [0.1, 0.15) is 34.3 Å². The maximum absolute atomic E-state index is 4.76. The summed E-state index contributed by atoms with van der Waals surface area (Å²) in [5.74, 6) is 0. The number of fused-ring (bicyclic) bond motifs is 8. The topological polar surface area (TPSA) is 24.1 Å². The quantitative estimate of drug-likeness (QED) is 0.172. The zero-order valence-electron chi connectivity index (χ0n) is 27.4. The minimum atomic E-state index is 0.0392. The molecule has 0 saturated carbocycles. The monoisotopic (exact) mass is 738 g/mol. The Morgan fingerprint density at radius 3 is 1.00 bits per heavy atom. The third-order valence-electron chi connectivity index (χ3n) is 10.4. The van der Waals surface area contributed by atoms with Crippen molar-refractivity contribution in [1.29, 1.82) is 0 Å². The Morgan fingerprint density at radius 1 is 0.353 bits per heavy atom. The van der Waals surface area contributed by atoms with Gasteiger partial charge in [0.05, 0.1) is 12.1 Å². The molecule has 248 valence electrons. The number of benzene rings is 8. The van der Waals surface area contributed by atoms with Crippen LogP contribution < -0.4 is 10.6 Å². The van der Waals surface area contributed by atoms with Crippen molar-refractivity contribution in [3.8, 4) is 33.4 Å². The van der Waals surface area contributed by atoms with Crippen molar-refractivity contribution >= 4 is 53.1 Å². The third-order valence-corrected chi connectivity index (χ3v) is 10.4. The van der Waals surface area contributed by atoms with E-state index in [1.165, 1.54) is 77.2 Å². The van der Waals surface area contributed by atoms with Gasteiger partial charge in [-0.2, -0.15) is 0 Å². The van der Waals surface area contributed by atoms with Crippen LogP contribution in [0.15, 0.2) is 170 Å². The zero-order chi connectivity index (χ0) is 34.3. The van der Waals surface area contributed by atoms with Gasteiger partial charge in [0.25, 0.3) is 0 Å². The fourth-order valence-electron chi connectivity index (χ4n) is 8.26. The summed E-state index contributed by atoms with van der Waals surface area (Å²) in [6.07, 6.45) is 0. The molecule has 0 heterocycles. The van der Waals surface area contributed by atoms with Gasteiger partial charge in [-0.05, 0) is 78.2 Å². The first kappa shape index (κ1) is 31.9. The molecule has 0 unspecified atom stereocenters. The van der Waals surface area contributed by atoms with Crippen molar-refractivity contribution in [1.82, 2.24) is 0 Å². The fraction of sp³-hybridized carbons (Fsp3) is 0.0435. The molecule has 5 heteroatoms. The predicted octanol–water partition coefficient (Wildman–Crippen LogP) is 13.4. The normalized spacial score (nSPS) is 12.9. The zero-order valence-corrected chi connectivity index (χ0v) is 30.0. The Balaban J connectivity index is 0.00000112. The van der Waals surface area contributed by atoms with Gasteiger partial charge in [-0.15, -0.1) is 0 Å². The molecular formula is C46H32Cl2FeN2. The van der Waals surface area contributed by atoms with Gasteiger partial charge in [0.2, 0.25) is 0 Å². The van der Waals surface area contributed by atoms with Gasteiger partial charge >= 0.3 is 33.3 Å². The number of nitrogens with one attached hydrogen (secondary N) is 2. The number of hydrogen-bond donors (Lipinski definition) is 2. The maximum Gasteiger partial charge on any atom is 0.0779 e. The molecule has 0 aliphatic heterocycles. The minimum absolute atomic E-state index is 0.0392. The van der Waals surface area contributed by atoms with Crippen molar-refractivity contribution in [3.05, 3.63) is 192 Å². The van der Waals surface area contributed by atoms with Gasteiger partial charge in [-0.1, -0.05) is 158 Å². The SMILES string of the molecule is [Cl][Fe][Cl].c1ccc2c(c1)-c1ccccc1C2Nc1ccc2ccccc2c1-c1c(NC2c3ccccc3-c3ccccc32)ccc2ccccc12. The summed E-state index contributed by atoms with van der Waals surface area (Å²) in [7, 11) is 9.53. The largest absolute Gasteiger partial charge is 0.374 e. The van der Waals surface area contributed by atoms with E-state index < -0.39 is 0 Å². The first-order chi connectivity index (χ1) is 25.2. The van der Waals surface area contributed by atoms with Crippen LogP contribution in [0.25, 0.3) is 54.9 Å². The Labute approximate surface area is 312 Å². The summed E-state index contributed by atoms with van der Waals surface area (Å²) >= 11 is 0.194. The molecule has 2 aliphatic rings. The molecule has 2 aliphatic carbocycles. The molecule has 0 fully saturated rings. The van der Waals surface area contributed by atoms with Gasteiger partial charge < -0.3 is 10.6 Å². The molecule has 0 saturated heterocycles. The third kappa shape index (κ3) is 5.49. The van der Waals surface area contributed by atoms with E-state index in [4.69, 9.17) is 20.2 Å². The Hall–Kier alpha value is -5.02. The Morgan fingerprint density at radius 2 is 0.647 bits per heavy atom. The summed E-state index contributed by atoms with van der Waals surface area (Å²) in [6, 6.07) is 62.1. The molecule has 8 aromatic rings. The van der Waals surface area contributed by atoms with E-state index >= 15 is 0 Å². The fourth-order valence-corrected chi connectivity index (χ4v) is 8.26. The summed E-state index contributed by atoms with van der Waals surface area (Å²) in [5, 5.41) is 13.1. The van der Waals surface area contributed by atoms with Crippen LogP contribution in [0, 0.1) is 0 Å². The van der Waals surface area contributed by atoms with E-state index in [2.05, 4.69) is 180 Å². The van der Waals surface area contributed by atoms with Crippen LogP contribution in [0.4, 0.5) is 11.4 Å². The summed E-state index contributed by atoms with van der Waals surface area (Å²) < 4.78 is 0. The molecule has 2 nitrogen and oxygen atoms in total. The first-order valence-corrected chi connectivity index (χ1v) is 20.1. The number of anilines is 2. The molecule has 0 amide bonds. The van der Waals surface area contributed by atoms with E-state index in [-0.39, 0.29) is 25.2 Å². The van der Waals surface area contributed by atoms with Crippen molar-refractivity contribution in [2.24, 2.45) is 0 Å². The van der Waals surface area contributed by atoms with Gasteiger partial charge in [-0.3, -0.25) is 0 Å². The second-order valence-corrected chi connectivity index (χ2v) is 14.8. The van der Waals surface area contributed by atoms with E-state index in [0.29, 0.717) is 0 Å². The summed E-state index contributed by atoms with van der Waals surface area (Å²) in [5.41, 5.74) is 15.1. The van der Waals surface area contributed by atoms with Crippen molar-refractivity contribution in [2.45, 2.75) is 12.1 Å². The standard InChI is InChI=1S/C46H32N2.2ClH.Fe/c1-3-15-31-29(13-1)25-27-41(47-45-37-21-9-5-17-33(37)34-18-6-10-22-38(34)45)43(31)44-32-16-4-2-14-30(32)26-28-42(44)48-46-39-23-11-7-19-35(39)36-20-8-12-24-40(36)46;;;/h1-28,45-48H;2*1H;/q;;;+2/p-2. The van der Waals surface area contributed by atoms with Crippen molar-refractivity contribution in [2.75, 3.05) is 10.6 Å². The van der Waals surface area contributed by atoms with Crippen LogP contribution in [0.2, 0.25) is 0 Å². The first-order valence-electron chi connectivity index (χ1n) is 17.0. The van der Waals surface area contributed by atoms with Crippen molar-refractivity contribution in [3.63, 3.8) is 0 Å². The van der Waals surface area contributed by atoms with Crippen LogP contribution in [-0.2, 0) is 13.1 Å². The predicted molar refractivity (Wildman–Crippen MR) is 213 cm³/mol. The average Bonchev–Trinajstić information content (AvgIpc) is 3.67. The van der Waals surface area contributed by atoms with Gasteiger partial charge in [0.1, 0.15) is 0 Å². The average molecular weight is 740 g/mol. The van der Waals surface area contributed by atoms with Crippen molar-refractivity contribution < 1.29 is 13.1 Å². The van der Waals surface area contributed by atoms with E-state index in [1.54, 1.807) is 0 Å². The van der Waals surface area contributed by atoms with Crippen LogP contribution in [-0.4, -0.2) is 0 Å². The van der Waals surface area contributed by atoms with Crippen LogP contribution in [0.3, 0.4) is 0 Å². The maximum atomic E-state index is 4.76. The van der Waals surface area contributed by atoms with Crippen LogP contribution >= 0.6 is 20.2 Å². The molecule has 51 heavy (non-hydrogen) atoms. The molecule has 0 atom stereocenters. The smallest absolute Gasteiger partial charge is 0.0779 e. The molecule has 2 N–H and O–H groups in total. The van der Waals surface area contributed by atoms with E-state index in [0.717, 1.165) is 11.4 Å². The number of hydrogen-bond acceptors (Lipinski definition) is 2. The van der Waals surface area contributed by atoms with E-state index in [9.17, 15) is 0 Å². The number of rotatable bonds is 5. The van der Waals surface area contributed by atoms with E-state index in [1.807, 2.05) is 0 Å². The van der Waals surface area contributed by atoms with Crippen LogP contribution in [0.5, 0.6) is 0 Å². The Bertz CT molecular complexity index is 2310. The van der Waals surface area contributed by atoms with Gasteiger partial charge in [-0.25, -0.2) is 0 Å². The molecular weight excluding hydrogens is 707 g/mol. The molecule has 0 radical (unpaired) electrons. The Kier molecular flexibility index (Phi) is 8.51. The second-order valence-electron chi connectivity index (χ2n) is 13.0. The molecule has 10 rings (SSSR count). The summed E-state index contributed by atoms with van der Waals surface area (Å²) in [4.78, 5) is 0. The number of halogens is 2. The molecule has 0 aromatic heterocycles. The van der Waals surface area contributed by atoms with Gasteiger partial charge in [0.15, 0.2) is 0 Å². The summed E-state index contributed by atoms with van der Waals surface area (Å²) in [6.45, 7) is 0. The second kappa shape index (κ2) is 13.6. The minimum Gasteiger partial charge on any atom is -0.374 e. The molecule has 8 aromatic carbocycles. The molecule has 0 bridgehead atoms. The van der Waals surface area contributed by atoms with Gasteiger partial charge in [0, 0.05) is 22.5 Å². The molecule has 0 spiro atoms.